The molecule has 2 aromatic carbocycles. The van der Waals surface area contributed by atoms with Crippen molar-refractivity contribution in [3.05, 3.63) is 71.4 Å². The summed E-state index contributed by atoms with van der Waals surface area (Å²) >= 11 is 6.10. The van der Waals surface area contributed by atoms with Gasteiger partial charge in [0.05, 0.1) is 5.69 Å². The number of hydrogen-bond acceptors (Lipinski definition) is 8. The molecule has 2 bridgehead atoms. The molecular weight excluding hydrogens is 516 g/mol. The predicted octanol–water partition coefficient (Wildman–Crippen LogP) is 4.75. The van der Waals surface area contributed by atoms with Crippen LogP contribution in [0.5, 0.6) is 5.75 Å². The Morgan fingerprint density at radius 2 is 1.69 bits per heavy atom. The van der Waals surface area contributed by atoms with E-state index < -0.39 is 0 Å². The van der Waals surface area contributed by atoms with E-state index in [4.69, 9.17) is 26.8 Å². The Labute approximate surface area is 233 Å². The Balaban J connectivity index is 1.04. The molecule has 4 heterocycles. The van der Waals surface area contributed by atoms with Crippen molar-refractivity contribution >= 4 is 34.9 Å². The minimum Gasteiger partial charge on any atom is -0.490 e. The van der Waals surface area contributed by atoms with Crippen molar-refractivity contribution in [2.24, 2.45) is 0 Å². The highest BCUT2D eigenvalue weighted by Crippen LogP contribution is 2.39. The van der Waals surface area contributed by atoms with Crippen molar-refractivity contribution in [3.63, 3.8) is 0 Å². The van der Waals surface area contributed by atoms with Gasteiger partial charge >= 0.3 is 6.09 Å². The molecule has 3 aliphatic heterocycles. The molecule has 0 aliphatic carbocycles. The topological polar surface area (TPSA) is 97.0 Å². The number of benzene rings is 2. The number of ether oxygens (including phenoxy) is 2. The van der Waals surface area contributed by atoms with E-state index in [2.05, 4.69) is 38.2 Å². The number of carbonyl (C=O) groups excluding carboxylic acids is 1. The van der Waals surface area contributed by atoms with Gasteiger partial charge in [0.25, 0.3) is 0 Å². The molecule has 0 spiro atoms. The van der Waals surface area contributed by atoms with E-state index in [0.29, 0.717) is 42.8 Å². The zero-order valence-electron chi connectivity index (χ0n) is 21.8. The van der Waals surface area contributed by atoms with Gasteiger partial charge in [0.1, 0.15) is 18.5 Å². The number of nitrogens with two attached hydrogens (primary N) is 1. The fourth-order valence-corrected chi connectivity index (χ4v) is 6.16. The molecule has 10 heteroatoms. The number of rotatable bonds is 6. The van der Waals surface area contributed by atoms with Gasteiger partial charge in [-0.2, -0.15) is 0 Å². The molecule has 1 aromatic heterocycles. The monoisotopic (exact) mass is 548 g/mol. The van der Waals surface area contributed by atoms with Gasteiger partial charge in [-0.3, -0.25) is 0 Å². The fraction of sp³-hybridized carbons (Fsp3) is 0.414. The number of likely N-dealkylation sites (tertiary alicyclic amines) is 1. The summed E-state index contributed by atoms with van der Waals surface area (Å²) in [7, 11) is 0. The van der Waals surface area contributed by atoms with Crippen LogP contribution >= 0.6 is 11.6 Å². The first-order chi connectivity index (χ1) is 19.0. The van der Waals surface area contributed by atoms with Crippen LogP contribution in [0.25, 0.3) is 0 Å². The zero-order chi connectivity index (χ0) is 26.8. The molecule has 2 N–H and O–H groups in total. The van der Waals surface area contributed by atoms with E-state index in [0.717, 1.165) is 55.8 Å². The molecule has 3 fully saturated rings. The maximum atomic E-state index is 12.5. The second-order valence-corrected chi connectivity index (χ2v) is 10.9. The first-order valence-corrected chi connectivity index (χ1v) is 14.0. The molecule has 2 atom stereocenters. The number of nitrogen functional groups attached to an aromatic ring is 1. The van der Waals surface area contributed by atoms with Gasteiger partial charge in [0.15, 0.2) is 11.0 Å². The van der Waals surface area contributed by atoms with E-state index in [9.17, 15) is 4.79 Å². The second-order valence-electron chi connectivity index (χ2n) is 10.5. The Bertz CT molecular complexity index is 1290. The molecular formula is C29H33ClN6O3. The van der Waals surface area contributed by atoms with Crippen LogP contribution in [0, 0.1) is 0 Å². The molecule has 0 saturated carbocycles. The quantitative estimate of drug-likeness (QED) is 0.471. The number of halogens is 1. The summed E-state index contributed by atoms with van der Waals surface area (Å²) in [6, 6.07) is 20.7. The number of nitrogens with zero attached hydrogens (tertiary/aromatic N) is 5. The van der Waals surface area contributed by atoms with E-state index in [1.807, 2.05) is 42.5 Å². The number of fused-ring (bicyclic) bond motifs is 2. The highest BCUT2D eigenvalue weighted by Gasteiger charge is 2.40. The Morgan fingerprint density at radius 3 is 2.44 bits per heavy atom. The highest BCUT2D eigenvalue weighted by atomic mass is 35.5. The maximum Gasteiger partial charge on any atom is 0.410 e. The number of amides is 1. The number of anilines is 3. The lowest BCUT2D eigenvalue weighted by atomic mass is 10.1. The van der Waals surface area contributed by atoms with Crippen molar-refractivity contribution < 1.29 is 14.3 Å². The van der Waals surface area contributed by atoms with Crippen LogP contribution in [-0.2, 0) is 11.3 Å². The van der Waals surface area contributed by atoms with Gasteiger partial charge in [-0.05, 0) is 30.5 Å². The van der Waals surface area contributed by atoms with Gasteiger partial charge in [0, 0.05) is 68.9 Å². The van der Waals surface area contributed by atoms with Crippen molar-refractivity contribution in [1.29, 1.82) is 0 Å². The second kappa shape index (κ2) is 11.2. The normalized spacial score (nSPS) is 21.2. The molecule has 39 heavy (non-hydrogen) atoms. The number of carbonyl (C=O) groups is 1. The van der Waals surface area contributed by atoms with Crippen LogP contribution < -0.4 is 20.3 Å². The van der Waals surface area contributed by atoms with E-state index in [1.165, 1.54) is 5.69 Å². The third kappa shape index (κ3) is 5.68. The molecule has 1 amide bonds. The molecule has 9 nitrogen and oxygen atoms in total. The van der Waals surface area contributed by atoms with E-state index in [-0.39, 0.29) is 12.2 Å². The van der Waals surface area contributed by atoms with Crippen LogP contribution in [0.15, 0.2) is 60.7 Å². The molecule has 2 unspecified atom stereocenters. The summed E-state index contributed by atoms with van der Waals surface area (Å²) in [4.78, 5) is 19.1. The van der Waals surface area contributed by atoms with Crippen LogP contribution in [-0.4, -0.2) is 65.6 Å². The smallest absolute Gasteiger partial charge is 0.410 e. The lowest BCUT2D eigenvalue weighted by Crippen LogP contribution is -2.54. The molecule has 0 radical (unpaired) electrons. The van der Waals surface area contributed by atoms with E-state index >= 15 is 0 Å². The largest absolute Gasteiger partial charge is 0.490 e. The van der Waals surface area contributed by atoms with Crippen molar-refractivity contribution in [1.82, 2.24) is 15.1 Å². The van der Waals surface area contributed by atoms with Crippen molar-refractivity contribution in [3.8, 4) is 5.75 Å². The minimum absolute atomic E-state index is 0.0684. The highest BCUT2D eigenvalue weighted by molar-refractivity contribution is 6.29. The lowest BCUT2D eigenvalue weighted by Gasteiger charge is -2.43. The van der Waals surface area contributed by atoms with E-state index in [1.54, 1.807) is 4.90 Å². The summed E-state index contributed by atoms with van der Waals surface area (Å²) in [6.45, 7) is 3.25. The summed E-state index contributed by atoms with van der Waals surface area (Å²) in [6.07, 6.45) is 3.60. The van der Waals surface area contributed by atoms with Gasteiger partial charge < -0.3 is 29.9 Å². The third-order valence-corrected chi connectivity index (χ3v) is 8.10. The summed E-state index contributed by atoms with van der Waals surface area (Å²) in [5, 5.41) is 8.21. The van der Waals surface area contributed by atoms with Crippen molar-refractivity contribution in [2.45, 2.75) is 50.5 Å². The molecule has 3 saturated heterocycles. The fourth-order valence-electron chi connectivity index (χ4n) is 6.02. The summed E-state index contributed by atoms with van der Waals surface area (Å²) < 4.78 is 11.9. The molecule has 6 rings (SSSR count). The zero-order valence-corrected chi connectivity index (χ0v) is 22.5. The molecule has 204 valence electrons. The first kappa shape index (κ1) is 25.6. The SMILES string of the molecule is Nc1nnc(Cl)cc1N1CC2CCC(C1)N2c1cccc(OC2CCN(C(=O)OCc3ccccc3)CC2)c1. The van der Waals surface area contributed by atoms with Gasteiger partial charge in [0.2, 0.25) is 0 Å². The first-order valence-electron chi connectivity index (χ1n) is 13.6. The summed E-state index contributed by atoms with van der Waals surface area (Å²) in [5.74, 6) is 1.28. The van der Waals surface area contributed by atoms with Crippen LogP contribution in [0.4, 0.5) is 22.0 Å². The number of piperazine rings is 1. The molecule has 3 aromatic rings. The van der Waals surface area contributed by atoms with Crippen molar-refractivity contribution in [2.75, 3.05) is 41.7 Å². The predicted molar refractivity (Wildman–Crippen MR) is 151 cm³/mol. The number of piperidine rings is 1. The number of hydrogen-bond donors (Lipinski definition) is 1. The Morgan fingerprint density at radius 1 is 0.949 bits per heavy atom. The van der Waals surface area contributed by atoms with Gasteiger partial charge in [-0.1, -0.05) is 48.0 Å². The maximum absolute atomic E-state index is 12.5. The average Bonchev–Trinajstić information content (AvgIpc) is 3.23. The van der Waals surface area contributed by atoms with Crippen LogP contribution in [0.1, 0.15) is 31.2 Å². The van der Waals surface area contributed by atoms with Crippen LogP contribution in [0.3, 0.4) is 0 Å². The van der Waals surface area contributed by atoms with Gasteiger partial charge in [-0.25, -0.2) is 4.79 Å². The average molecular weight is 549 g/mol. The van der Waals surface area contributed by atoms with Crippen LogP contribution in [0.2, 0.25) is 5.15 Å². The lowest BCUT2D eigenvalue weighted by molar-refractivity contribution is 0.0638. The molecule has 3 aliphatic rings. The Hall–Kier alpha value is -3.72. The number of aromatic nitrogens is 2. The van der Waals surface area contributed by atoms with Gasteiger partial charge in [-0.15, -0.1) is 10.2 Å². The third-order valence-electron chi connectivity index (χ3n) is 7.92. The Kier molecular flexibility index (Phi) is 7.32. The summed E-state index contributed by atoms with van der Waals surface area (Å²) in [5.41, 5.74) is 9.15. The minimum atomic E-state index is -0.263. The standard InChI is InChI=1S/C29H33ClN6O3/c30-27-16-26(28(31)33-32-27)35-17-22-9-10-23(18-35)36(22)21-7-4-8-25(15-21)39-24-11-13-34(14-12-24)29(37)38-19-20-5-2-1-3-6-20/h1-8,15-16,22-24H,9-14,17-19H2,(H2,31,33).